The highest BCUT2D eigenvalue weighted by Gasteiger charge is 2.21. The van der Waals surface area contributed by atoms with Crippen molar-refractivity contribution in [2.45, 2.75) is 45.6 Å². The molecule has 2 rings (SSSR count). The largest absolute Gasteiger partial charge is 0.376 e. The molecular formula is C15H22O. The van der Waals surface area contributed by atoms with E-state index in [1.165, 1.54) is 19.3 Å². The van der Waals surface area contributed by atoms with Gasteiger partial charge in [0.1, 0.15) is 0 Å². The van der Waals surface area contributed by atoms with E-state index >= 15 is 0 Å². The van der Waals surface area contributed by atoms with Crippen LogP contribution in [0.1, 0.15) is 38.3 Å². The Morgan fingerprint density at radius 1 is 1.12 bits per heavy atom. The molecule has 0 aliphatic heterocycles. The quantitative estimate of drug-likeness (QED) is 0.753. The Balaban J connectivity index is 1.79. The van der Waals surface area contributed by atoms with E-state index in [1.54, 1.807) is 11.1 Å². The molecule has 0 heterocycles. The van der Waals surface area contributed by atoms with Gasteiger partial charge in [-0.2, -0.15) is 0 Å². The van der Waals surface area contributed by atoms with Gasteiger partial charge < -0.3 is 4.74 Å². The molecule has 0 fully saturated rings. The van der Waals surface area contributed by atoms with Crippen molar-refractivity contribution >= 4 is 0 Å². The summed E-state index contributed by atoms with van der Waals surface area (Å²) in [6.07, 6.45) is 3.67. The molecule has 0 N–H and O–H groups in total. The highest BCUT2D eigenvalue weighted by Crippen LogP contribution is 2.28. The highest BCUT2D eigenvalue weighted by atomic mass is 16.5. The number of hydrogen-bond donors (Lipinski definition) is 0. The van der Waals surface area contributed by atoms with Crippen molar-refractivity contribution in [1.82, 2.24) is 0 Å². The van der Waals surface area contributed by atoms with E-state index in [-0.39, 0.29) is 5.60 Å². The molecule has 0 amide bonds. The lowest BCUT2D eigenvalue weighted by atomic mass is 10.0. The fourth-order valence-corrected chi connectivity index (χ4v) is 2.39. The molecule has 0 bridgehead atoms. The SMILES string of the molecule is CC(C)(C)OCCC1Cc2ccccc2C1. The predicted molar refractivity (Wildman–Crippen MR) is 67.7 cm³/mol. The fraction of sp³-hybridized carbons (Fsp3) is 0.600. The van der Waals surface area contributed by atoms with Crippen molar-refractivity contribution in [2.75, 3.05) is 6.61 Å². The smallest absolute Gasteiger partial charge is 0.0598 e. The average Bonchev–Trinajstić information content (AvgIpc) is 2.57. The van der Waals surface area contributed by atoms with Gasteiger partial charge in [-0.15, -0.1) is 0 Å². The van der Waals surface area contributed by atoms with Crippen LogP contribution in [0.25, 0.3) is 0 Å². The van der Waals surface area contributed by atoms with Gasteiger partial charge in [-0.25, -0.2) is 0 Å². The molecule has 0 aromatic heterocycles. The van der Waals surface area contributed by atoms with E-state index in [0.29, 0.717) is 0 Å². The molecule has 0 radical (unpaired) electrons. The first kappa shape index (κ1) is 11.7. The minimum atomic E-state index is 0.00541. The van der Waals surface area contributed by atoms with Crippen LogP contribution >= 0.6 is 0 Å². The molecule has 88 valence electrons. The lowest BCUT2D eigenvalue weighted by Gasteiger charge is -2.20. The first-order chi connectivity index (χ1) is 7.54. The Morgan fingerprint density at radius 3 is 2.19 bits per heavy atom. The van der Waals surface area contributed by atoms with Gasteiger partial charge in [-0.05, 0) is 57.1 Å². The second-order valence-corrected chi connectivity index (χ2v) is 5.79. The molecule has 1 aromatic carbocycles. The minimum absolute atomic E-state index is 0.00541. The summed E-state index contributed by atoms with van der Waals surface area (Å²) in [5.41, 5.74) is 3.09. The summed E-state index contributed by atoms with van der Waals surface area (Å²) in [5.74, 6) is 0.791. The van der Waals surface area contributed by atoms with Gasteiger partial charge in [-0.1, -0.05) is 24.3 Å². The zero-order valence-corrected chi connectivity index (χ0v) is 10.6. The summed E-state index contributed by atoms with van der Waals surface area (Å²) in [7, 11) is 0. The van der Waals surface area contributed by atoms with Gasteiger partial charge in [0.2, 0.25) is 0 Å². The lowest BCUT2D eigenvalue weighted by molar-refractivity contribution is -0.00880. The van der Waals surface area contributed by atoms with Gasteiger partial charge >= 0.3 is 0 Å². The van der Waals surface area contributed by atoms with E-state index in [9.17, 15) is 0 Å². The summed E-state index contributed by atoms with van der Waals surface area (Å²) < 4.78 is 5.79. The van der Waals surface area contributed by atoms with Crippen LogP contribution < -0.4 is 0 Å². The maximum atomic E-state index is 5.79. The molecule has 0 saturated carbocycles. The summed E-state index contributed by atoms with van der Waals surface area (Å²) in [6.45, 7) is 7.26. The van der Waals surface area contributed by atoms with E-state index in [1.807, 2.05) is 0 Å². The zero-order valence-electron chi connectivity index (χ0n) is 10.6. The summed E-state index contributed by atoms with van der Waals surface area (Å²) in [4.78, 5) is 0. The van der Waals surface area contributed by atoms with Crippen molar-refractivity contribution in [1.29, 1.82) is 0 Å². The normalized spacial score (nSPS) is 16.4. The van der Waals surface area contributed by atoms with Crippen LogP contribution in [0.15, 0.2) is 24.3 Å². The summed E-state index contributed by atoms with van der Waals surface area (Å²) in [5, 5.41) is 0. The van der Waals surface area contributed by atoms with Crippen LogP contribution in [0.5, 0.6) is 0 Å². The topological polar surface area (TPSA) is 9.23 Å². The summed E-state index contributed by atoms with van der Waals surface area (Å²) in [6, 6.07) is 8.82. The zero-order chi connectivity index (χ0) is 11.6. The van der Waals surface area contributed by atoms with Crippen LogP contribution in [0.3, 0.4) is 0 Å². The molecule has 16 heavy (non-hydrogen) atoms. The minimum Gasteiger partial charge on any atom is -0.376 e. The van der Waals surface area contributed by atoms with Gasteiger partial charge in [0.25, 0.3) is 0 Å². The molecule has 1 nitrogen and oxygen atoms in total. The van der Waals surface area contributed by atoms with Gasteiger partial charge in [0.05, 0.1) is 5.60 Å². The van der Waals surface area contributed by atoms with Crippen LogP contribution in [0.2, 0.25) is 0 Å². The van der Waals surface area contributed by atoms with Crippen LogP contribution in [0.4, 0.5) is 0 Å². The Morgan fingerprint density at radius 2 is 1.69 bits per heavy atom. The van der Waals surface area contributed by atoms with Gasteiger partial charge in [0, 0.05) is 6.61 Å². The molecule has 0 unspecified atom stereocenters. The standard InChI is InChI=1S/C15H22O/c1-15(2,3)16-9-8-12-10-13-6-4-5-7-14(13)11-12/h4-7,12H,8-11H2,1-3H3. The monoisotopic (exact) mass is 218 g/mol. The van der Waals surface area contributed by atoms with E-state index < -0.39 is 0 Å². The van der Waals surface area contributed by atoms with E-state index in [2.05, 4.69) is 45.0 Å². The predicted octanol–water partition coefficient (Wildman–Crippen LogP) is 3.61. The second kappa shape index (κ2) is 4.58. The van der Waals surface area contributed by atoms with Crippen molar-refractivity contribution in [3.05, 3.63) is 35.4 Å². The lowest BCUT2D eigenvalue weighted by Crippen LogP contribution is -2.21. The Labute approximate surface area is 98.8 Å². The van der Waals surface area contributed by atoms with Crippen LogP contribution in [-0.4, -0.2) is 12.2 Å². The van der Waals surface area contributed by atoms with Crippen molar-refractivity contribution < 1.29 is 4.74 Å². The third-order valence-corrected chi connectivity index (χ3v) is 3.20. The van der Waals surface area contributed by atoms with Crippen molar-refractivity contribution in [3.63, 3.8) is 0 Å². The third-order valence-electron chi connectivity index (χ3n) is 3.20. The first-order valence-electron chi connectivity index (χ1n) is 6.25. The molecule has 1 aliphatic carbocycles. The average molecular weight is 218 g/mol. The molecule has 0 spiro atoms. The number of ether oxygens (including phenoxy) is 1. The molecule has 0 atom stereocenters. The third kappa shape index (κ3) is 3.08. The molecule has 0 saturated heterocycles. The molecular weight excluding hydrogens is 196 g/mol. The number of hydrogen-bond acceptors (Lipinski definition) is 1. The molecule has 1 aliphatic rings. The number of fused-ring (bicyclic) bond motifs is 1. The van der Waals surface area contributed by atoms with Crippen molar-refractivity contribution in [3.8, 4) is 0 Å². The first-order valence-corrected chi connectivity index (χ1v) is 6.25. The molecule has 1 heteroatoms. The maximum Gasteiger partial charge on any atom is 0.0598 e. The fourth-order valence-electron chi connectivity index (χ4n) is 2.39. The Hall–Kier alpha value is -0.820. The molecule has 1 aromatic rings. The van der Waals surface area contributed by atoms with Gasteiger partial charge in [0.15, 0.2) is 0 Å². The van der Waals surface area contributed by atoms with E-state index in [4.69, 9.17) is 4.74 Å². The van der Waals surface area contributed by atoms with Crippen molar-refractivity contribution in [2.24, 2.45) is 5.92 Å². The number of rotatable bonds is 3. The Bertz CT molecular complexity index is 324. The summed E-state index contributed by atoms with van der Waals surface area (Å²) >= 11 is 0. The highest BCUT2D eigenvalue weighted by molar-refractivity contribution is 5.31. The number of benzene rings is 1. The van der Waals surface area contributed by atoms with E-state index in [0.717, 1.165) is 12.5 Å². The maximum absolute atomic E-state index is 5.79. The Kier molecular flexibility index (Phi) is 3.34. The van der Waals surface area contributed by atoms with Crippen LogP contribution in [0, 0.1) is 5.92 Å². The second-order valence-electron chi connectivity index (χ2n) is 5.79. The van der Waals surface area contributed by atoms with Gasteiger partial charge in [-0.3, -0.25) is 0 Å². The van der Waals surface area contributed by atoms with Crippen LogP contribution in [-0.2, 0) is 17.6 Å².